The number of aromatic amines is 1. The van der Waals surface area contributed by atoms with Crippen molar-refractivity contribution in [3.8, 4) is 0 Å². The van der Waals surface area contributed by atoms with Gasteiger partial charge < -0.3 is 0 Å². The molecule has 0 bridgehead atoms. The van der Waals surface area contributed by atoms with Gasteiger partial charge in [0.25, 0.3) is 0 Å². The van der Waals surface area contributed by atoms with Gasteiger partial charge in [-0.1, -0.05) is 19.4 Å². The highest BCUT2D eigenvalue weighted by atomic mass is 19.4. The number of nitrogens with zero attached hydrogens (tertiary/aromatic N) is 4. The third-order valence-electron chi connectivity index (χ3n) is 4.81. The van der Waals surface area contributed by atoms with Crippen molar-refractivity contribution in [1.82, 2.24) is 24.7 Å². The van der Waals surface area contributed by atoms with E-state index in [1.165, 1.54) is 6.20 Å². The molecule has 0 aliphatic heterocycles. The number of alkyl halides is 6. The number of pyridine rings is 1. The number of H-pyrrole nitrogens is 1. The average molecular weight is 415 g/mol. The molecule has 29 heavy (non-hydrogen) atoms. The lowest BCUT2D eigenvalue weighted by molar-refractivity contribution is -0.147. The summed E-state index contributed by atoms with van der Waals surface area (Å²) in [4.78, 5) is 7.05. The summed E-state index contributed by atoms with van der Waals surface area (Å²) < 4.78 is 81.1. The van der Waals surface area contributed by atoms with E-state index in [-0.39, 0.29) is 11.9 Å². The van der Waals surface area contributed by atoms with Crippen molar-refractivity contribution in [2.75, 3.05) is 0 Å². The van der Waals surface area contributed by atoms with Crippen LogP contribution >= 0.6 is 0 Å². The molecule has 3 aromatic rings. The topological polar surface area (TPSA) is 59.4 Å². The first-order chi connectivity index (χ1) is 13.6. The Labute approximate surface area is 159 Å². The van der Waals surface area contributed by atoms with Crippen LogP contribution in [0.2, 0.25) is 0 Å². The standard InChI is InChI=1S/C18H15F6N5/c1-2-3-9-6-11(7-10-8-25-28-14(9)10)29-15-12(26-16(29)18(22,23)24)4-5-13(27-15)17(19,20)21/h4-5,7-8,11,28H,2-3,6H2,1H3. The Morgan fingerprint density at radius 3 is 2.52 bits per heavy atom. The van der Waals surface area contributed by atoms with Crippen LogP contribution in [-0.4, -0.2) is 24.7 Å². The van der Waals surface area contributed by atoms with E-state index < -0.39 is 35.6 Å². The molecule has 0 spiro atoms. The molecule has 3 heterocycles. The summed E-state index contributed by atoms with van der Waals surface area (Å²) in [5, 5.41) is 8.13. The molecule has 0 amide bonds. The Morgan fingerprint density at radius 1 is 1.10 bits per heavy atom. The number of imidazole rings is 1. The third kappa shape index (κ3) is 3.38. The first kappa shape index (κ1) is 19.5. The summed E-state index contributed by atoms with van der Waals surface area (Å²) in [5.74, 6) is -1.27. The molecule has 0 saturated heterocycles. The maximum Gasteiger partial charge on any atom is 0.449 e. The van der Waals surface area contributed by atoms with Gasteiger partial charge in [0, 0.05) is 5.22 Å². The van der Waals surface area contributed by atoms with Crippen LogP contribution in [0.1, 0.15) is 43.7 Å². The minimum atomic E-state index is -4.85. The van der Waals surface area contributed by atoms with Gasteiger partial charge in [-0.3, -0.25) is 9.67 Å². The molecule has 1 atom stereocenters. The third-order valence-corrected chi connectivity index (χ3v) is 4.81. The first-order valence-corrected chi connectivity index (χ1v) is 8.86. The summed E-state index contributed by atoms with van der Waals surface area (Å²) in [6.45, 7) is 1.93. The van der Waals surface area contributed by atoms with Gasteiger partial charge in [0.15, 0.2) is 5.65 Å². The average Bonchev–Trinajstić information content (AvgIpc) is 3.24. The van der Waals surface area contributed by atoms with Crippen LogP contribution in [0.5, 0.6) is 0 Å². The molecule has 5 nitrogen and oxygen atoms in total. The fraction of sp³-hybridized carbons (Fsp3) is 0.389. The van der Waals surface area contributed by atoms with E-state index >= 15 is 0 Å². The Bertz CT molecular complexity index is 1180. The van der Waals surface area contributed by atoms with E-state index in [2.05, 4.69) is 20.2 Å². The summed E-state index contributed by atoms with van der Waals surface area (Å²) in [7, 11) is 0. The molecule has 0 saturated carbocycles. The molecule has 4 rings (SSSR count). The van der Waals surface area contributed by atoms with Crippen LogP contribution < -0.4 is 10.6 Å². The largest absolute Gasteiger partial charge is 0.449 e. The molecule has 0 aromatic carbocycles. The van der Waals surface area contributed by atoms with E-state index in [1.807, 2.05) is 6.92 Å². The van der Waals surface area contributed by atoms with Gasteiger partial charge in [-0.25, -0.2) is 9.97 Å². The van der Waals surface area contributed by atoms with Crippen LogP contribution in [0, 0.1) is 0 Å². The molecule has 154 valence electrons. The summed E-state index contributed by atoms with van der Waals surface area (Å²) in [5.41, 5.74) is -1.10. The SMILES string of the molecule is CCCC1=c2[nH]ncc2=CC(n2c(C(F)(F)F)nc3ccc(C(F)(F)F)nc32)C1. The number of hydrogen-bond acceptors (Lipinski definition) is 3. The minimum Gasteiger partial charge on any atom is -0.298 e. The normalized spacial score (nSPS) is 17.5. The highest BCUT2D eigenvalue weighted by Gasteiger charge is 2.41. The quantitative estimate of drug-likeness (QED) is 0.666. The lowest BCUT2D eigenvalue weighted by Gasteiger charge is -2.22. The van der Waals surface area contributed by atoms with Gasteiger partial charge in [0.2, 0.25) is 5.82 Å². The number of rotatable bonds is 3. The van der Waals surface area contributed by atoms with Crippen molar-refractivity contribution >= 4 is 22.8 Å². The van der Waals surface area contributed by atoms with Crippen LogP contribution in [0.3, 0.4) is 0 Å². The van der Waals surface area contributed by atoms with E-state index in [0.717, 1.165) is 28.0 Å². The molecule has 3 aromatic heterocycles. The van der Waals surface area contributed by atoms with Gasteiger partial charge in [0.05, 0.1) is 17.6 Å². The minimum absolute atomic E-state index is 0.190. The molecular formula is C18H15F6N5. The fourth-order valence-corrected chi connectivity index (χ4v) is 3.67. The number of nitrogens with one attached hydrogen (secondary N) is 1. The van der Waals surface area contributed by atoms with Crippen molar-refractivity contribution in [3.63, 3.8) is 0 Å². The zero-order chi connectivity index (χ0) is 21.0. The lowest BCUT2D eigenvalue weighted by Crippen LogP contribution is -2.33. The highest BCUT2D eigenvalue weighted by Crippen LogP contribution is 2.37. The fourth-order valence-electron chi connectivity index (χ4n) is 3.67. The Hall–Kier alpha value is -2.85. The Kier molecular flexibility index (Phi) is 4.43. The first-order valence-electron chi connectivity index (χ1n) is 8.86. The van der Waals surface area contributed by atoms with Gasteiger partial charge in [0.1, 0.15) is 11.2 Å². The molecule has 0 fully saturated rings. The monoisotopic (exact) mass is 415 g/mol. The zero-order valence-corrected chi connectivity index (χ0v) is 15.1. The van der Waals surface area contributed by atoms with Crippen molar-refractivity contribution in [3.05, 3.63) is 40.4 Å². The maximum absolute atomic E-state index is 13.7. The number of fused-ring (bicyclic) bond motifs is 2. The molecule has 1 N–H and O–H groups in total. The van der Waals surface area contributed by atoms with E-state index in [1.54, 1.807) is 6.08 Å². The Balaban J connectivity index is 1.97. The highest BCUT2D eigenvalue weighted by molar-refractivity contribution is 5.73. The van der Waals surface area contributed by atoms with Crippen molar-refractivity contribution in [1.29, 1.82) is 0 Å². The molecule has 1 unspecified atom stereocenters. The van der Waals surface area contributed by atoms with Gasteiger partial charge >= 0.3 is 12.4 Å². The summed E-state index contributed by atoms with van der Waals surface area (Å²) in [6, 6.07) is 0.659. The molecule has 1 aliphatic rings. The molecule has 0 radical (unpaired) electrons. The maximum atomic E-state index is 13.7. The molecule has 1 aliphatic carbocycles. The lowest BCUT2D eigenvalue weighted by atomic mass is 9.96. The number of halogens is 6. The molecular weight excluding hydrogens is 400 g/mol. The van der Waals surface area contributed by atoms with E-state index in [4.69, 9.17) is 0 Å². The zero-order valence-electron chi connectivity index (χ0n) is 15.1. The van der Waals surface area contributed by atoms with Crippen LogP contribution in [0.25, 0.3) is 22.8 Å². The number of hydrogen-bond donors (Lipinski definition) is 1. The molecule has 11 heteroatoms. The van der Waals surface area contributed by atoms with Crippen LogP contribution in [-0.2, 0) is 12.4 Å². The van der Waals surface area contributed by atoms with Crippen LogP contribution in [0.15, 0.2) is 18.3 Å². The predicted octanol–water partition coefficient (Wildman–Crippen LogP) is 3.57. The van der Waals surface area contributed by atoms with Crippen molar-refractivity contribution < 1.29 is 26.3 Å². The van der Waals surface area contributed by atoms with Gasteiger partial charge in [-0.15, -0.1) is 0 Å². The predicted molar refractivity (Wildman–Crippen MR) is 91.8 cm³/mol. The second kappa shape index (κ2) is 6.60. The van der Waals surface area contributed by atoms with E-state index in [0.29, 0.717) is 17.7 Å². The van der Waals surface area contributed by atoms with Crippen LogP contribution in [0.4, 0.5) is 26.3 Å². The summed E-state index contributed by atoms with van der Waals surface area (Å²) >= 11 is 0. The van der Waals surface area contributed by atoms with Crippen molar-refractivity contribution in [2.24, 2.45) is 0 Å². The second-order valence-electron chi connectivity index (χ2n) is 6.83. The summed E-state index contributed by atoms with van der Waals surface area (Å²) in [6.07, 6.45) is -5.03. The van der Waals surface area contributed by atoms with Gasteiger partial charge in [-0.05, 0) is 30.5 Å². The smallest absolute Gasteiger partial charge is 0.298 e. The number of aromatic nitrogens is 5. The second-order valence-corrected chi connectivity index (χ2v) is 6.83. The van der Waals surface area contributed by atoms with Gasteiger partial charge in [-0.2, -0.15) is 31.4 Å². The Morgan fingerprint density at radius 2 is 1.86 bits per heavy atom. The van der Waals surface area contributed by atoms with E-state index in [9.17, 15) is 26.3 Å². The van der Waals surface area contributed by atoms with Crippen molar-refractivity contribution in [2.45, 2.75) is 44.6 Å².